The second-order valence-corrected chi connectivity index (χ2v) is 3.22. The van der Waals surface area contributed by atoms with Crippen LogP contribution in [0.4, 0.5) is 17.6 Å². The van der Waals surface area contributed by atoms with Gasteiger partial charge in [0.15, 0.2) is 0 Å². The van der Waals surface area contributed by atoms with Gasteiger partial charge < -0.3 is 5.11 Å². The van der Waals surface area contributed by atoms with Crippen LogP contribution in [0.25, 0.3) is 0 Å². The molecule has 1 N–H and O–H groups in total. The molecule has 1 fully saturated rings. The van der Waals surface area contributed by atoms with Gasteiger partial charge in [-0.1, -0.05) is 6.42 Å². The first-order chi connectivity index (χ1) is 5.46. The summed E-state index contributed by atoms with van der Waals surface area (Å²) in [4.78, 5) is 0. The third kappa shape index (κ3) is 1.11. The van der Waals surface area contributed by atoms with Gasteiger partial charge in [0.2, 0.25) is 0 Å². The molecule has 0 saturated heterocycles. The maximum Gasteiger partial charge on any atom is 0.315 e. The van der Waals surface area contributed by atoms with Crippen molar-refractivity contribution in [2.75, 3.05) is 6.61 Å². The summed E-state index contributed by atoms with van der Waals surface area (Å²) in [5, 5.41) is 8.61. The van der Waals surface area contributed by atoms with Gasteiger partial charge in [0.1, 0.15) is 0 Å². The van der Waals surface area contributed by atoms with Gasteiger partial charge in [0.05, 0.1) is 12.0 Å². The molecule has 0 aromatic heterocycles. The molecule has 0 unspecified atom stereocenters. The van der Waals surface area contributed by atoms with Gasteiger partial charge in [-0.05, 0) is 12.8 Å². The molecule has 0 spiro atoms. The van der Waals surface area contributed by atoms with E-state index in [4.69, 9.17) is 5.11 Å². The molecule has 1 rings (SSSR count). The van der Waals surface area contributed by atoms with Crippen molar-refractivity contribution in [3.8, 4) is 0 Å². The van der Waals surface area contributed by atoms with E-state index in [-0.39, 0.29) is 12.8 Å². The van der Waals surface area contributed by atoms with E-state index in [2.05, 4.69) is 0 Å². The summed E-state index contributed by atoms with van der Waals surface area (Å²) in [6.07, 6.45) is -3.21. The number of hydrogen-bond acceptors (Lipinski definition) is 1. The highest BCUT2D eigenvalue weighted by Gasteiger charge is 2.62. The first-order valence-corrected chi connectivity index (χ1v) is 3.73. The van der Waals surface area contributed by atoms with Gasteiger partial charge in [0, 0.05) is 0 Å². The van der Waals surface area contributed by atoms with Crippen LogP contribution in [-0.2, 0) is 0 Å². The van der Waals surface area contributed by atoms with Gasteiger partial charge in [-0.2, -0.15) is 8.78 Å². The Balaban J connectivity index is 2.77. The molecule has 0 aromatic carbocycles. The van der Waals surface area contributed by atoms with Crippen molar-refractivity contribution in [2.45, 2.75) is 31.6 Å². The average molecular weight is 186 g/mol. The normalized spacial score (nSPS) is 22.5. The van der Waals surface area contributed by atoms with Crippen LogP contribution in [-0.4, -0.2) is 24.1 Å². The second-order valence-electron chi connectivity index (χ2n) is 3.22. The molecule has 1 aliphatic rings. The lowest BCUT2D eigenvalue weighted by molar-refractivity contribution is -0.244. The van der Waals surface area contributed by atoms with E-state index < -0.39 is 24.4 Å². The molecule has 1 nitrogen and oxygen atoms in total. The Morgan fingerprint density at radius 1 is 1.33 bits per heavy atom. The highest BCUT2D eigenvalue weighted by molar-refractivity contribution is 4.99. The summed E-state index contributed by atoms with van der Waals surface area (Å²) in [5.41, 5.74) is -1.85. The van der Waals surface area contributed by atoms with Crippen LogP contribution in [0.3, 0.4) is 0 Å². The Bertz CT molecular complexity index is 159. The molecule has 0 heterocycles. The second kappa shape index (κ2) is 2.87. The van der Waals surface area contributed by atoms with Crippen molar-refractivity contribution in [3.63, 3.8) is 0 Å². The molecule has 0 aliphatic heterocycles. The van der Waals surface area contributed by atoms with Gasteiger partial charge in [-0.3, -0.25) is 0 Å². The van der Waals surface area contributed by atoms with E-state index in [1.54, 1.807) is 0 Å². The summed E-state index contributed by atoms with van der Waals surface area (Å²) in [6.45, 7) is -0.857. The predicted octanol–water partition coefficient (Wildman–Crippen LogP) is 2.05. The molecule has 0 bridgehead atoms. The maximum absolute atomic E-state index is 12.7. The summed E-state index contributed by atoms with van der Waals surface area (Å²) >= 11 is 0. The molecule has 0 aromatic rings. The van der Waals surface area contributed by atoms with Crippen LogP contribution in [0.2, 0.25) is 0 Å². The average Bonchev–Trinajstić information content (AvgIpc) is 1.85. The first-order valence-electron chi connectivity index (χ1n) is 3.73. The fraction of sp³-hybridized carbons (Fsp3) is 1.00. The molecule has 0 amide bonds. The molecule has 12 heavy (non-hydrogen) atoms. The largest absolute Gasteiger partial charge is 0.396 e. The van der Waals surface area contributed by atoms with Gasteiger partial charge >= 0.3 is 12.3 Å². The minimum absolute atomic E-state index is 0.0131. The molecule has 72 valence electrons. The Kier molecular flexibility index (Phi) is 2.33. The molecule has 5 heteroatoms. The summed E-state index contributed by atoms with van der Waals surface area (Å²) in [6, 6.07) is 0. The SMILES string of the molecule is OCC1(C(F)(F)C(F)F)CCC1. The van der Waals surface area contributed by atoms with Crippen molar-refractivity contribution in [1.82, 2.24) is 0 Å². The fourth-order valence-electron chi connectivity index (χ4n) is 1.43. The van der Waals surface area contributed by atoms with Crippen molar-refractivity contribution in [2.24, 2.45) is 5.41 Å². The highest BCUT2D eigenvalue weighted by atomic mass is 19.3. The Hall–Kier alpha value is -0.320. The monoisotopic (exact) mass is 186 g/mol. The number of alkyl halides is 4. The lowest BCUT2D eigenvalue weighted by atomic mass is 9.65. The van der Waals surface area contributed by atoms with Crippen LogP contribution in [0.15, 0.2) is 0 Å². The quantitative estimate of drug-likeness (QED) is 0.669. The molecule has 0 atom stereocenters. The minimum Gasteiger partial charge on any atom is -0.396 e. The van der Waals surface area contributed by atoms with Crippen LogP contribution >= 0.6 is 0 Å². The van der Waals surface area contributed by atoms with Gasteiger partial charge in [-0.25, -0.2) is 8.78 Å². The zero-order valence-corrected chi connectivity index (χ0v) is 6.36. The molecular formula is C7H10F4O. The Morgan fingerprint density at radius 2 is 1.83 bits per heavy atom. The maximum atomic E-state index is 12.7. The van der Waals surface area contributed by atoms with E-state index in [1.807, 2.05) is 0 Å². The summed E-state index contributed by atoms with van der Waals surface area (Å²) < 4.78 is 49.2. The molecule has 1 aliphatic carbocycles. The third-order valence-corrected chi connectivity index (χ3v) is 2.59. The van der Waals surface area contributed by atoms with Gasteiger partial charge in [-0.15, -0.1) is 0 Å². The van der Waals surface area contributed by atoms with Crippen LogP contribution in [0.5, 0.6) is 0 Å². The molecular weight excluding hydrogens is 176 g/mol. The van der Waals surface area contributed by atoms with E-state index >= 15 is 0 Å². The number of halogens is 4. The molecule has 1 saturated carbocycles. The van der Waals surface area contributed by atoms with Crippen molar-refractivity contribution in [1.29, 1.82) is 0 Å². The highest BCUT2D eigenvalue weighted by Crippen LogP contribution is 2.54. The predicted molar refractivity (Wildman–Crippen MR) is 34.3 cm³/mol. The zero-order chi connectivity index (χ0) is 9.41. The molecule has 0 radical (unpaired) electrons. The van der Waals surface area contributed by atoms with Gasteiger partial charge in [0.25, 0.3) is 0 Å². The number of aliphatic hydroxyl groups is 1. The van der Waals surface area contributed by atoms with Crippen LogP contribution in [0.1, 0.15) is 19.3 Å². The zero-order valence-electron chi connectivity index (χ0n) is 6.36. The lowest BCUT2D eigenvalue weighted by Crippen LogP contribution is -2.53. The number of aliphatic hydroxyl groups excluding tert-OH is 1. The van der Waals surface area contributed by atoms with E-state index in [9.17, 15) is 17.6 Å². The lowest BCUT2D eigenvalue weighted by Gasteiger charge is -2.45. The summed E-state index contributed by atoms with van der Waals surface area (Å²) in [5.74, 6) is -4.04. The number of rotatable bonds is 3. The van der Waals surface area contributed by atoms with Crippen LogP contribution < -0.4 is 0 Å². The third-order valence-electron chi connectivity index (χ3n) is 2.59. The minimum atomic E-state index is -4.04. The van der Waals surface area contributed by atoms with E-state index in [1.165, 1.54) is 0 Å². The Morgan fingerprint density at radius 3 is 1.92 bits per heavy atom. The smallest absolute Gasteiger partial charge is 0.315 e. The standard InChI is InChI=1S/C7H10F4O/c8-5(9)7(10,11)6(4-12)2-1-3-6/h5,12H,1-4H2. The van der Waals surface area contributed by atoms with Crippen molar-refractivity contribution < 1.29 is 22.7 Å². The van der Waals surface area contributed by atoms with Crippen molar-refractivity contribution in [3.05, 3.63) is 0 Å². The van der Waals surface area contributed by atoms with Crippen LogP contribution in [0, 0.1) is 5.41 Å². The number of hydrogen-bond donors (Lipinski definition) is 1. The Labute approximate surface area is 67.4 Å². The fourth-order valence-corrected chi connectivity index (χ4v) is 1.43. The van der Waals surface area contributed by atoms with E-state index in [0.717, 1.165) is 0 Å². The topological polar surface area (TPSA) is 20.2 Å². The van der Waals surface area contributed by atoms with E-state index in [0.29, 0.717) is 6.42 Å². The first kappa shape index (κ1) is 9.77. The summed E-state index contributed by atoms with van der Waals surface area (Å²) in [7, 11) is 0. The van der Waals surface area contributed by atoms with Crippen molar-refractivity contribution >= 4 is 0 Å².